The lowest BCUT2D eigenvalue weighted by Crippen LogP contribution is -2.70. The van der Waals surface area contributed by atoms with Crippen molar-refractivity contribution < 1.29 is 29.0 Å². The second-order valence-electron chi connectivity index (χ2n) is 6.79. The van der Waals surface area contributed by atoms with E-state index in [0.717, 1.165) is 11.8 Å². The fourth-order valence-electron chi connectivity index (χ4n) is 2.89. The van der Waals surface area contributed by atoms with E-state index in [0.29, 0.717) is 16.4 Å². The molecule has 2 aliphatic rings. The van der Waals surface area contributed by atoms with Crippen molar-refractivity contribution in [3.63, 3.8) is 0 Å². The van der Waals surface area contributed by atoms with Crippen molar-refractivity contribution in [2.75, 3.05) is 26.5 Å². The van der Waals surface area contributed by atoms with Gasteiger partial charge in [0.2, 0.25) is 5.91 Å². The Morgan fingerprint density at radius 2 is 2.03 bits per heavy atom. The van der Waals surface area contributed by atoms with Crippen molar-refractivity contribution >= 4 is 47.2 Å². The highest BCUT2D eigenvalue weighted by Crippen LogP contribution is 2.43. The number of para-hydroxylation sites is 1. The van der Waals surface area contributed by atoms with E-state index in [9.17, 15) is 24.3 Å². The van der Waals surface area contributed by atoms with Gasteiger partial charge in [0.25, 0.3) is 11.8 Å². The molecular weight excluding hydrogens is 442 g/mol. The lowest BCUT2D eigenvalue weighted by atomic mass is 10.1. The van der Waals surface area contributed by atoms with Gasteiger partial charge in [-0.05, 0) is 17.5 Å². The van der Waals surface area contributed by atoms with Crippen LogP contribution in [0.15, 0.2) is 52.4 Å². The average molecular weight is 464 g/mol. The van der Waals surface area contributed by atoms with Gasteiger partial charge < -0.3 is 20.1 Å². The van der Waals surface area contributed by atoms with Crippen LogP contribution in [0.2, 0.25) is 0 Å². The zero-order chi connectivity index (χ0) is 22.5. The first-order chi connectivity index (χ1) is 14.8. The fourth-order valence-corrected chi connectivity index (χ4v) is 5.20. The molecule has 9 nitrogen and oxygen atoms in total. The van der Waals surface area contributed by atoms with Gasteiger partial charge in [-0.25, -0.2) is 4.79 Å². The lowest BCUT2D eigenvalue weighted by molar-refractivity contribution is -0.150. The second kappa shape index (κ2) is 9.92. The number of β-lactam (4-membered cyclic amide) rings is 1. The van der Waals surface area contributed by atoms with Crippen molar-refractivity contribution in [1.82, 2.24) is 15.1 Å². The largest absolute Gasteiger partial charge is 0.484 e. The summed E-state index contributed by atoms with van der Waals surface area (Å²) in [7, 11) is 3.22. The first-order valence-corrected chi connectivity index (χ1v) is 11.1. The Balaban J connectivity index is 1.62. The zero-order valence-electron chi connectivity index (χ0n) is 16.8. The topological polar surface area (TPSA) is 116 Å². The molecule has 0 aromatic heterocycles. The second-order valence-corrected chi connectivity index (χ2v) is 8.89. The van der Waals surface area contributed by atoms with E-state index < -0.39 is 29.2 Å². The predicted octanol–water partition coefficient (Wildman–Crippen LogP) is 1.10. The summed E-state index contributed by atoms with van der Waals surface area (Å²) in [6.45, 7) is -0.251. The summed E-state index contributed by atoms with van der Waals surface area (Å²) in [5.41, 5.74) is -0.119. The van der Waals surface area contributed by atoms with E-state index in [2.05, 4.69) is 5.32 Å². The number of fused-ring (bicyclic) bond motifs is 1. The highest BCUT2D eigenvalue weighted by atomic mass is 32.2. The van der Waals surface area contributed by atoms with Crippen LogP contribution in [0.1, 0.15) is 0 Å². The van der Waals surface area contributed by atoms with Gasteiger partial charge in [-0.15, -0.1) is 11.8 Å². The number of hydrogen-bond acceptors (Lipinski definition) is 7. The summed E-state index contributed by atoms with van der Waals surface area (Å²) >= 11 is 2.44. The number of amides is 3. The van der Waals surface area contributed by atoms with Crippen LogP contribution in [0.4, 0.5) is 0 Å². The minimum absolute atomic E-state index is 0.119. The number of ether oxygens (including phenoxy) is 1. The molecule has 3 amide bonds. The number of aliphatic carboxylic acids is 1. The number of carbonyl (C=O) groups excluding carboxylic acids is 3. The van der Waals surface area contributed by atoms with E-state index >= 15 is 0 Å². The molecule has 0 saturated carbocycles. The molecule has 1 aromatic rings. The summed E-state index contributed by atoms with van der Waals surface area (Å²) in [4.78, 5) is 51.3. The van der Waals surface area contributed by atoms with E-state index in [-0.39, 0.29) is 18.2 Å². The SMILES string of the molecule is CN(C)C(=O)C=CSC1=C(C(=O)O)N2C(=O)[C@@H](NC(=O)COc3ccccc3)[C@@H]2SC1. The Hall–Kier alpha value is -2.92. The number of carboxylic acid groups (broad SMARTS) is 1. The number of nitrogens with one attached hydrogen (secondary N) is 1. The van der Waals surface area contributed by atoms with Crippen molar-refractivity contribution in [2.24, 2.45) is 0 Å². The minimum atomic E-state index is -1.23. The van der Waals surface area contributed by atoms with Crippen molar-refractivity contribution in [3.05, 3.63) is 52.4 Å². The monoisotopic (exact) mass is 463 g/mol. The third-order valence-electron chi connectivity index (χ3n) is 4.43. The first-order valence-electron chi connectivity index (χ1n) is 9.22. The molecule has 1 aromatic carbocycles. The number of thioether (sulfide) groups is 2. The maximum atomic E-state index is 12.6. The summed E-state index contributed by atoms with van der Waals surface area (Å²) in [5, 5.41) is 13.3. The molecule has 31 heavy (non-hydrogen) atoms. The van der Waals surface area contributed by atoms with Gasteiger partial charge in [0.1, 0.15) is 22.9 Å². The minimum Gasteiger partial charge on any atom is -0.484 e. The van der Waals surface area contributed by atoms with Gasteiger partial charge in [-0.3, -0.25) is 19.3 Å². The van der Waals surface area contributed by atoms with Gasteiger partial charge in [0.15, 0.2) is 6.61 Å². The van der Waals surface area contributed by atoms with Crippen LogP contribution < -0.4 is 10.1 Å². The van der Waals surface area contributed by atoms with Crippen LogP contribution in [0.5, 0.6) is 5.75 Å². The molecule has 11 heteroatoms. The molecule has 0 unspecified atom stereocenters. The van der Waals surface area contributed by atoms with Crippen LogP contribution in [0.25, 0.3) is 0 Å². The molecule has 2 aliphatic heterocycles. The van der Waals surface area contributed by atoms with E-state index in [1.165, 1.54) is 33.0 Å². The number of carbonyl (C=O) groups is 4. The quantitative estimate of drug-likeness (QED) is 0.435. The smallest absolute Gasteiger partial charge is 0.353 e. The molecule has 0 radical (unpaired) electrons. The number of nitrogens with zero attached hydrogens (tertiary/aromatic N) is 2. The van der Waals surface area contributed by atoms with Gasteiger partial charge in [0.05, 0.1) is 0 Å². The molecular formula is C20H21N3O6S2. The van der Waals surface area contributed by atoms with Crippen molar-refractivity contribution in [3.8, 4) is 5.75 Å². The van der Waals surface area contributed by atoms with Gasteiger partial charge >= 0.3 is 5.97 Å². The lowest BCUT2D eigenvalue weighted by Gasteiger charge is -2.49. The van der Waals surface area contributed by atoms with Gasteiger partial charge in [0, 0.05) is 30.8 Å². The fraction of sp³-hybridized carbons (Fsp3) is 0.300. The van der Waals surface area contributed by atoms with Crippen LogP contribution in [-0.4, -0.2) is 76.5 Å². The number of rotatable bonds is 8. The summed E-state index contributed by atoms with van der Waals surface area (Å²) in [6, 6.07) is 7.99. The molecule has 2 heterocycles. The van der Waals surface area contributed by atoms with Crippen LogP contribution in [-0.2, 0) is 19.2 Å². The Kier molecular flexibility index (Phi) is 7.29. The van der Waals surface area contributed by atoms with Crippen molar-refractivity contribution in [1.29, 1.82) is 0 Å². The Morgan fingerprint density at radius 1 is 1.32 bits per heavy atom. The van der Waals surface area contributed by atoms with Crippen LogP contribution >= 0.6 is 23.5 Å². The highest BCUT2D eigenvalue weighted by Gasteiger charge is 2.54. The van der Waals surface area contributed by atoms with Gasteiger partial charge in [-0.1, -0.05) is 30.0 Å². The Labute approximate surface area is 187 Å². The number of benzene rings is 1. The summed E-state index contributed by atoms with van der Waals surface area (Å²) in [6.07, 6.45) is 1.33. The van der Waals surface area contributed by atoms with Crippen molar-refractivity contribution in [2.45, 2.75) is 11.4 Å². The third kappa shape index (κ3) is 5.23. The average Bonchev–Trinajstić information content (AvgIpc) is 2.75. The predicted molar refractivity (Wildman–Crippen MR) is 117 cm³/mol. The standard InChI is InChI=1S/C20H21N3O6S2/c1-22(2)15(25)8-9-30-13-11-31-19-16(18(26)23(19)17(13)20(27)28)21-14(24)10-29-12-6-4-3-5-7-12/h3-9,16,19H,10-11H2,1-2H3,(H,21,24)(H,27,28)/t16-,19+/m1/s1. The third-order valence-corrected chi connectivity index (χ3v) is 6.78. The van der Waals surface area contributed by atoms with E-state index in [1.807, 2.05) is 6.07 Å². The molecule has 1 saturated heterocycles. The van der Waals surface area contributed by atoms with Crippen LogP contribution in [0, 0.1) is 0 Å². The maximum Gasteiger partial charge on any atom is 0.353 e. The summed E-state index contributed by atoms with van der Waals surface area (Å²) in [5.74, 6) is -1.54. The molecule has 2 N–H and O–H groups in total. The molecule has 0 bridgehead atoms. The molecule has 0 aliphatic carbocycles. The molecule has 2 atom stereocenters. The van der Waals surface area contributed by atoms with E-state index in [1.54, 1.807) is 38.4 Å². The molecule has 3 rings (SSSR count). The molecule has 164 valence electrons. The normalized spacial score (nSPS) is 20.2. The number of carboxylic acids is 1. The zero-order valence-corrected chi connectivity index (χ0v) is 18.4. The summed E-state index contributed by atoms with van der Waals surface area (Å²) < 4.78 is 5.38. The Morgan fingerprint density at radius 3 is 2.68 bits per heavy atom. The molecule has 1 fully saturated rings. The number of likely N-dealkylation sites (N-methyl/N-ethyl adjacent to an activating group) is 1. The van der Waals surface area contributed by atoms with Crippen LogP contribution in [0.3, 0.4) is 0 Å². The molecule has 0 spiro atoms. The Bertz CT molecular complexity index is 947. The maximum absolute atomic E-state index is 12.6. The van der Waals surface area contributed by atoms with Gasteiger partial charge in [-0.2, -0.15) is 0 Å². The van der Waals surface area contributed by atoms with E-state index in [4.69, 9.17) is 4.74 Å². The highest BCUT2D eigenvalue weighted by molar-refractivity contribution is 8.08. The number of hydrogen-bond donors (Lipinski definition) is 2. The first kappa shape index (κ1) is 22.8.